The first-order chi connectivity index (χ1) is 6.75. The van der Waals surface area contributed by atoms with Crippen molar-refractivity contribution in [3.63, 3.8) is 0 Å². The molecule has 0 spiro atoms. The van der Waals surface area contributed by atoms with Crippen molar-refractivity contribution in [2.75, 3.05) is 0 Å². The van der Waals surface area contributed by atoms with Crippen LogP contribution < -0.4 is 0 Å². The van der Waals surface area contributed by atoms with Crippen LogP contribution in [0.4, 0.5) is 4.79 Å². The van der Waals surface area contributed by atoms with Crippen molar-refractivity contribution < 1.29 is 14.6 Å². The van der Waals surface area contributed by atoms with E-state index in [1.165, 1.54) is 11.1 Å². The zero-order valence-electron chi connectivity index (χ0n) is 7.77. The smallest absolute Gasteiger partial charge is 0.450 e. The van der Waals surface area contributed by atoms with Crippen molar-refractivity contribution in [1.82, 2.24) is 0 Å². The minimum atomic E-state index is -1.17. The Bertz CT molecular complexity index is 346. The Hall–Kier alpha value is -1.51. The largest absolute Gasteiger partial charge is 0.506 e. The third-order valence-corrected chi connectivity index (χ3v) is 2.57. The molecule has 0 fully saturated rings. The van der Waals surface area contributed by atoms with Gasteiger partial charge in [0, 0.05) is 6.42 Å². The fourth-order valence-corrected chi connectivity index (χ4v) is 1.91. The van der Waals surface area contributed by atoms with Gasteiger partial charge < -0.3 is 9.84 Å². The second-order valence-corrected chi connectivity index (χ2v) is 3.52. The van der Waals surface area contributed by atoms with E-state index in [0.29, 0.717) is 6.42 Å². The molecule has 3 heteroatoms. The van der Waals surface area contributed by atoms with Crippen LogP contribution >= 0.6 is 0 Å². The predicted octanol–water partition coefficient (Wildman–Crippen LogP) is 2.24. The summed E-state index contributed by atoms with van der Waals surface area (Å²) >= 11 is 0. The quantitative estimate of drug-likeness (QED) is 0.694. The van der Waals surface area contributed by atoms with Crippen molar-refractivity contribution in [3.8, 4) is 0 Å². The summed E-state index contributed by atoms with van der Waals surface area (Å²) in [4.78, 5) is 10.4. The van der Waals surface area contributed by atoms with E-state index >= 15 is 0 Å². The molecular formula is C11H12O3. The summed E-state index contributed by atoms with van der Waals surface area (Å²) in [6.07, 6.45) is 1.08. The van der Waals surface area contributed by atoms with Crippen LogP contribution in [0, 0.1) is 0 Å². The average molecular weight is 192 g/mol. The number of hydrogen-bond acceptors (Lipinski definition) is 2. The molecule has 0 bridgehead atoms. The number of hydrogen-bond donors (Lipinski definition) is 1. The Labute approximate surface area is 82.3 Å². The molecule has 2 rings (SSSR count). The van der Waals surface area contributed by atoms with Crippen LogP contribution in [0.3, 0.4) is 0 Å². The fraction of sp³-hybridized carbons (Fsp3) is 0.364. The van der Waals surface area contributed by atoms with Crippen LogP contribution in [0.25, 0.3) is 0 Å². The van der Waals surface area contributed by atoms with Gasteiger partial charge in [0.2, 0.25) is 0 Å². The fourth-order valence-electron chi connectivity index (χ4n) is 1.91. The minimum absolute atomic E-state index is 0.164. The standard InChI is InChI=1S/C11H12O3/c12-11(13)14-10-6-5-8-3-1-2-4-9(8)7-10/h1-4,10H,5-7H2,(H,12,13). The molecule has 1 aliphatic carbocycles. The second-order valence-electron chi connectivity index (χ2n) is 3.52. The summed E-state index contributed by atoms with van der Waals surface area (Å²) in [5.74, 6) is 0. The number of carboxylic acid groups (broad SMARTS) is 1. The summed E-state index contributed by atoms with van der Waals surface area (Å²) in [5.41, 5.74) is 2.53. The highest BCUT2D eigenvalue weighted by molar-refractivity contribution is 5.57. The zero-order chi connectivity index (χ0) is 9.97. The van der Waals surface area contributed by atoms with Crippen LogP contribution in [0.2, 0.25) is 0 Å². The Balaban J connectivity index is 2.09. The topological polar surface area (TPSA) is 46.5 Å². The van der Waals surface area contributed by atoms with E-state index in [4.69, 9.17) is 9.84 Å². The molecule has 3 nitrogen and oxygen atoms in total. The Morgan fingerprint density at radius 3 is 2.79 bits per heavy atom. The Morgan fingerprint density at radius 2 is 2.07 bits per heavy atom. The highest BCUT2D eigenvalue weighted by Gasteiger charge is 2.20. The van der Waals surface area contributed by atoms with Crippen LogP contribution in [0.15, 0.2) is 24.3 Å². The summed E-state index contributed by atoms with van der Waals surface area (Å²) in [7, 11) is 0. The molecule has 0 saturated carbocycles. The molecule has 1 aromatic rings. The van der Waals surface area contributed by atoms with Gasteiger partial charge in [0.15, 0.2) is 0 Å². The summed E-state index contributed by atoms with van der Waals surface area (Å²) in [5, 5.41) is 8.49. The van der Waals surface area contributed by atoms with Crippen LogP contribution in [-0.2, 0) is 17.6 Å². The van der Waals surface area contributed by atoms with Gasteiger partial charge in [-0.3, -0.25) is 0 Å². The molecule has 74 valence electrons. The summed E-state index contributed by atoms with van der Waals surface area (Å²) in [6, 6.07) is 8.11. The number of aryl methyl sites for hydroxylation is 1. The highest BCUT2D eigenvalue weighted by atomic mass is 16.7. The normalized spacial score (nSPS) is 19.9. The second kappa shape index (κ2) is 3.70. The van der Waals surface area contributed by atoms with Crippen molar-refractivity contribution in [1.29, 1.82) is 0 Å². The molecule has 0 amide bonds. The maximum absolute atomic E-state index is 10.4. The summed E-state index contributed by atoms with van der Waals surface area (Å²) in [6.45, 7) is 0. The molecule has 0 heterocycles. The molecular weight excluding hydrogens is 180 g/mol. The van der Waals surface area contributed by atoms with Gasteiger partial charge >= 0.3 is 6.16 Å². The van der Waals surface area contributed by atoms with Gasteiger partial charge in [-0.15, -0.1) is 0 Å². The molecule has 1 unspecified atom stereocenters. The molecule has 14 heavy (non-hydrogen) atoms. The SMILES string of the molecule is O=C(O)OC1CCc2ccccc2C1. The number of carbonyl (C=O) groups is 1. The molecule has 0 radical (unpaired) electrons. The monoisotopic (exact) mass is 192 g/mol. The number of fused-ring (bicyclic) bond motifs is 1. The van der Waals surface area contributed by atoms with E-state index in [2.05, 4.69) is 6.07 Å². The first-order valence-electron chi connectivity index (χ1n) is 4.72. The average Bonchev–Trinajstić information content (AvgIpc) is 2.17. The molecule has 1 aromatic carbocycles. The first kappa shape index (κ1) is 9.06. The minimum Gasteiger partial charge on any atom is -0.450 e. The van der Waals surface area contributed by atoms with E-state index in [9.17, 15) is 4.79 Å². The number of rotatable bonds is 1. The van der Waals surface area contributed by atoms with Gasteiger partial charge in [0.25, 0.3) is 0 Å². The zero-order valence-corrected chi connectivity index (χ0v) is 7.77. The Morgan fingerprint density at radius 1 is 1.36 bits per heavy atom. The lowest BCUT2D eigenvalue weighted by atomic mass is 9.90. The van der Waals surface area contributed by atoms with Crippen LogP contribution in [0.1, 0.15) is 17.5 Å². The van der Waals surface area contributed by atoms with E-state index in [1.54, 1.807) is 0 Å². The summed E-state index contributed by atoms with van der Waals surface area (Å²) < 4.78 is 4.76. The molecule has 0 aromatic heterocycles. The van der Waals surface area contributed by atoms with Gasteiger partial charge in [-0.2, -0.15) is 0 Å². The van der Waals surface area contributed by atoms with Gasteiger partial charge in [-0.1, -0.05) is 24.3 Å². The van der Waals surface area contributed by atoms with Crippen molar-refractivity contribution >= 4 is 6.16 Å². The van der Waals surface area contributed by atoms with E-state index < -0.39 is 6.16 Å². The molecule has 1 atom stereocenters. The maximum Gasteiger partial charge on any atom is 0.506 e. The van der Waals surface area contributed by atoms with E-state index in [1.807, 2.05) is 18.2 Å². The predicted molar refractivity (Wildman–Crippen MR) is 51.4 cm³/mol. The van der Waals surface area contributed by atoms with Crippen LogP contribution in [0.5, 0.6) is 0 Å². The van der Waals surface area contributed by atoms with Crippen LogP contribution in [-0.4, -0.2) is 17.4 Å². The third kappa shape index (κ3) is 1.87. The lowest BCUT2D eigenvalue weighted by Gasteiger charge is -2.23. The molecule has 1 N–H and O–H groups in total. The third-order valence-electron chi connectivity index (χ3n) is 2.57. The van der Waals surface area contributed by atoms with Gasteiger partial charge in [-0.05, 0) is 24.0 Å². The molecule has 0 saturated heterocycles. The highest BCUT2D eigenvalue weighted by Crippen LogP contribution is 2.22. The van der Waals surface area contributed by atoms with Gasteiger partial charge in [-0.25, -0.2) is 4.79 Å². The van der Waals surface area contributed by atoms with Crippen molar-refractivity contribution in [2.45, 2.75) is 25.4 Å². The van der Waals surface area contributed by atoms with E-state index in [0.717, 1.165) is 12.8 Å². The number of benzene rings is 1. The lowest BCUT2D eigenvalue weighted by molar-refractivity contribution is 0.0461. The molecule has 1 aliphatic rings. The van der Waals surface area contributed by atoms with Crippen molar-refractivity contribution in [2.24, 2.45) is 0 Å². The number of ether oxygens (including phenoxy) is 1. The Kier molecular flexibility index (Phi) is 2.39. The first-order valence-corrected chi connectivity index (χ1v) is 4.72. The van der Waals surface area contributed by atoms with Gasteiger partial charge in [0.05, 0.1) is 0 Å². The van der Waals surface area contributed by atoms with Gasteiger partial charge in [0.1, 0.15) is 6.10 Å². The molecule has 0 aliphatic heterocycles. The van der Waals surface area contributed by atoms with E-state index in [-0.39, 0.29) is 6.10 Å². The lowest BCUT2D eigenvalue weighted by Crippen LogP contribution is -2.24. The van der Waals surface area contributed by atoms with Crippen molar-refractivity contribution in [3.05, 3.63) is 35.4 Å². The maximum atomic E-state index is 10.4.